The minimum atomic E-state index is -0.0236. The second kappa shape index (κ2) is 7.89. The zero-order valence-corrected chi connectivity index (χ0v) is 12.1. The summed E-state index contributed by atoms with van der Waals surface area (Å²) in [4.78, 5) is 13.6. The molecule has 6 heteroatoms. The van der Waals surface area contributed by atoms with Crippen LogP contribution >= 0.6 is 0 Å². The van der Waals surface area contributed by atoms with Gasteiger partial charge in [-0.15, -0.1) is 0 Å². The number of aromatic nitrogens is 2. The number of amides is 2. The minimum absolute atomic E-state index is 0.0236. The molecule has 0 aromatic carbocycles. The fourth-order valence-electron chi connectivity index (χ4n) is 2.37. The average molecular weight is 280 g/mol. The van der Waals surface area contributed by atoms with Gasteiger partial charge in [0.05, 0.1) is 12.6 Å². The van der Waals surface area contributed by atoms with Crippen molar-refractivity contribution in [3.05, 3.63) is 18.5 Å². The number of urea groups is 1. The topological polar surface area (TPSA) is 59.4 Å². The van der Waals surface area contributed by atoms with Crippen LogP contribution in [0.25, 0.3) is 0 Å². The van der Waals surface area contributed by atoms with Crippen molar-refractivity contribution in [1.29, 1.82) is 0 Å². The predicted molar refractivity (Wildman–Crippen MR) is 76.5 cm³/mol. The number of carbonyl (C=O) groups excluding carboxylic acids is 1. The third-order valence-electron chi connectivity index (χ3n) is 3.57. The molecule has 1 N–H and O–H groups in total. The third kappa shape index (κ3) is 4.85. The highest BCUT2D eigenvalue weighted by molar-refractivity contribution is 5.73. The van der Waals surface area contributed by atoms with Crippen LogP contribution in [0.3, 0.4) is 0 Å². The second-order valence-electron chi connectivity index (χ2n) is 5.20. The van der Waals surface area contributed by atoms with E-state index in [-0.39, 0.29) is 6.03 Å². The van der Waals surface area contributed by atoms with Crippen LogP contribution in [0.2, 0.25) is 0 Å². The lowest BCUT2D eigenvalue weighted by Gasteiger charge is -2.18. The Hall–Kier alpha value is -1.56. The number of nitrogens with zero attached hydrogens (tertiary/aromatic N) is 3. The molecular weight excluding hydrogens is 256 g/mol. The van der Waals surface area contributed by atoms with E-state index in [0.29, 0.717) is 19.2 Å². The molecule has 1 aromatic heterocycles. The Balaban J connectivity index is 1.54. The quantitative estimate of drug-likeness (QED) is 0.823. The van der Waals surface area contributed by atoms with Crippen LogP contribution in [0.1, 0.15) is 25.7 Å². The Morgan fingerprint density at radius 2 is 2.50 bits per heavy atom. The smallest absolute Gasteiger partial charge is 0.317 e. The molecule has 2 amide bonds. The highest BCUT2D eigenvalue weighted by Crippen LogP contribution is 2.16. The Kier molecular flexibility index (Phi) is 5.86. The summed E-state index contributed by atoms with van der Waals surface area (Å²) in [5.41, 5.74) is 0. The summed E-state index contributed by atoms with van der Waals surface area (Å²) >= 11 is 0. The van der Waals surface area contributed by atoms with Crippen molar-refractivity contribution in [2.45, 2.75) is 38.3 Å². The standard InChI is InChI=1S/C14H24N4O2/c1-17(9-2-5-13-6-3-12-20-13)14(19)15-8-11-18-10-4-7-16-18/h4,7,10,13H,2-3,5-6,8-9,11-12H2,1H3,(H,15,19). The van der Waals surface area contributed by atoms with Crippen molar-refractivity contribution in [2.75, 3.05) is 26.7 Å². The first kappa shape index (κ1) is 14.8. The van der Waals surface area contributed by atoms with Gasteiger partial charge in [-0.3, -0.25) is 4.68 Å². The summed E-state index contributed by atoms with van der Waals surface area (Å²) in [7, 11) is 1.83. The van der Waals surface area contributed by atoms with Gasteiger partial charge in [0, 0.05) is 39.1 Å². The first-order chi connectivity index (χ1) is 9.75. The van der Waals surface area contributed by atoms with E-state index in [1.807, 2.05) is 19.3 Å². The van der Waals surface area contributed by atoms with Gasteiger partial charge in [-0.2, -0.15) is 5.10 Å². The summed E-state index contributed by atoms with van der Waals surface area (Å²) in [6, 6.07) is 1.85. The van der Waals surface area contributed by atoms with Gasteiger partial charge in [-0.1, -0.05) is 0 Å². The van der Waals surface area contributed by atoms with E-state index in [0.717, 1.165) is 26.0 Å². The zero-order chi connectivity index (χ0) is 14.2. The molecule has 2 rings (SSSR count). The monoisotopic (exact) mass is 280 g/mol. The minimum Gasteiger partial charge on any atom is -0.378 e. The first-order valence-corrected chi connectivity index (χ1v) is 7.33. The van der Waals surface area contributed by atoms with Crippen molar-refractivity contribution in [3.63, 3.8) is 0 Å². The Morgan fingerprint density at radius 3 is 3.20 bits per heavy atom. The summed E-state index contributed by atoms with van der Waals surface area (Å²) in [5, 5.41) is 6.98. The lowest BCUT2D eigenvalue weighted by molar-refractivity contribution is 0.100. The maximum absolute atomic E-state index is 11.9. The van der Waals surface area contributed by atoms with Crippen LogP contribution in [0, 0.1) is 0 Å². The normalized spacial score (nSPS) is 18.1. The van der Waals surface area contributed by atoms with E-state index in [1.54, 1.807) is 15.8 Å². The molecule has 1 saturated heterocycles. The number of ether oxygens (including phenoxy) is 1. The van der Waals surface area contributed by atoms with Gasteiger partial charge in [-0.05, 0) is 31.7 Å². The largest absolute Gasteiger partial charge is 0.378 e. The van der Waals surface area contributed by atoms with Crippen molar-refractivity contribution >= 4 is 6.03 Å². The summed E-state index contributed by atoms with van der Waals surface area (Å²) < 4.78 is 7.38. The van der Waals surface area contributed by atoms with Crippen LogP contribution in [0.15, 0.2) is 18.5 Å². The molecule has 1 fully saturated rings. The summed E-state index contributed by atoms with van der Waals surface area (Å²) in [6.07, 6.45) is 8.41. The Bertz CT molecular complexity index is 388. The van der Waals surface area contributed by atoms with Crippen molar-refractivity contribution in [3.8, 4) is 0 Å². The summed E-state index contributed by atoms with van der Waals surface area (Å²) in [5.74, 6) is 0. The lowest BCUT2D eigenvalue weighted by atomic mass is 10.1. The average Bonchev–Trinajstić information content (AvgIpc) is 3.11. The molecular formula is C14H24N4O2. The highest BCUT2D eigenvalue weighted by Gasteiger charge is 2.15. The third-order valence-corrected chi connectivity index (χ3v) is 3.57. The van der Waals surface area contributed by atoms with E-state index in [1.165, 1.54) is 12.8 Å². The molecule has 6 nitrogen and oxygen atoms in total. The molecule has 0 radical (unpaired) electrons. The van der Waals surface area contributed by atoms with Gasteiger partial charge < -0.3 is 15.0 Å². The van der Waals surface area contributed by atoms with Gasteiger partial charge in [0.25, 0.3) is 0 Å². The second-order valence-corrected chi connectivity index (χ2v) is 5.20. The number of nitrogens with one attached hydrogen (secondary N) is 1. The number of hydrogen-bond donors (Lipinski definition) is 1. The van der Waals surface area contributed by atoms with Crippen molar-refractivity contribution in [1.82, 2.24) is 20.0 Å². The first-order valence-electron chi connectivity index (χ1n) is 7.33. The van der Waals surface area contributed by atoms with Crippen LogP contribution in [0.4, 0.5) is 4.79 Å². The number of carbonyl (C=O) groups is 1. The molecule has 1 atom stereocenters. The van der Waals surface area contributed by atoms with E-state index < -0.39 is 0 Å². The lowest BCUT2D eigenvalue weighted by Crippen LogP contribution is -2.39. The predicted octanol–water partition coefficient (Wildman–Crippen LogP) is 1.48. The number of hydrogen-bond acceptors (Lipinski definition) is 3. The Labute approximate surface area is 120 Å². The molecule has 1 aliphatic heterocycles. The zero-order valence-electron chi connectivity index (χ0n) is 12.1. The highest BCUT2D eigenvalue weighted by atomic mass is 16.5. The van der Waals surface area contributed by atoms with Gasteiger partial charge >= 0.3 is 6.03 Å². The Morgan fingerprint density at radius 1 is 1.60 bits per heavy atom. The molecule has 0 saturated carbocycles. The molecule has 112 valence electrons. The van der Waals surface area contributed by atoms with Crippen LogP contribution in [-0.4, -0.2) is 53.6 Å². The molecule has 1 aliphatic rings. The van der Waals surface area contributed by atoms with Gasteiger partial charge in [0.1, 0.15) is 0 Å². The van der Waals surface area contributed by atoms with Crippen LogP contribution in [-0.2, 0) is 11.3 Å². The van der Waals surface area contributed by atoms with Gasteiger partial charge in [0.15, 0.2) is 0 Å². The molecule has 1 aromatic rings. The van der Waals surface area contributed by atoms with Gasteiger partial charge in [0.2, 0.25) is 0 Å². The van der Waals surface area contributed by atoms with E-state index in [9.17, 15) is 4.79 Å². The molecule has 20 heavy (non-hydrogen) atoms. The number of rotatable bonds is 7. The maximum atomic E-state index is 11.9. The van der Waals surface area contributed by atoms with E-state index in [4.69, 9.17) is 4.74 Å². The SMILES string of the molecule is CN(CCCC1CCCO1)C(=O)NCCn1cccn1. The maximum Gasteiger partial charge on any atom is 0.317 e. The fraction of sp³-hybridized carbons (Fsp3) is 0.714. The van der Waals surface area contributed by atoms with Crippen molar-refractivity contribution in [2.24, 2.45) is 0 Å². The van der Waals surface area contributed by atoms with Crippen molar-refractivity contribution < 1.29 is 9.53 Å². The summed E-state index contributed by atoms with van der Waals surface area (Å²) in [6.45, 7) is 2.96. The molecule has 0 bridgehead atoms. The van der Waals surface area contributed by atoms with E-state index >= 15 is 0 Å². The van der Waals surface area contributed by atoms with E-state index in [2.05, 4.69) is 10.4 Å². The molecule has 2 heterocycles. The molecule has 0 aliphatic carbocycles. The van der Waals surface area contributed by atoms with Crippen LogP contribution in [0.5, 0.6) is 0 Å². The van der Waals surface area contributed by atoms with Crippen LogP contribution < -0.4 is 5.32 Å². The van der Waals surface area contributed by atoms with Gasteiger partial charge in [-0.25, -0.2) is 4.79 Å². The fourth-order valence-corrected chi connectivity index (χ4v) is 2.37. The molecule has 1 unspecified atom stereocenters. The molecule has 0 spiro atoms.